The van der Waals surface area contributed by atoms with E-state index in [-0.39, 0.29) is 28.5 Å². The van der Waals surface area contributed by atoms with Gasteiger partial charge in [0.05, 0.1) is 11.9 Å². The molecule has 4 aliphatic rings. The van der Waals surface area contributed by atoms with Crippen LogP contribution in [0.4, 0.5) is 4.79 Å². The van der Waals surface area contributed by atoms with Gasteiger partial charge in [0.2, 0.25) is 0 Å². The van der Waals surface area contributed by atoms with Crippen LogP contribution in [0.2, 0.25) is 0 Å². The van der Waals surface area contributed by atoms with E-state index in [1.54, 1.807) is 6.26 Å². The first-order chi connectivity index (χ1) is 14.7. The van der Waals surface area contributed by atoms with Crippen molar-refractivity contribution >= 4 is 6.09 Å². The second-order valence-electron chi connectivity index (χ2n) is 11.2. The van der Waals surface area contributed by atoms with Gasteiger partial charge in [-0.3, -0.25) is 0 Å². The fourth-order valence-corrected chi connectivity index (χ4v) is 8.56. The number of hydrogen-bond acceptors (Lipinski definition) is 5. The third-order valence-corrected chi connectivity index (χ3v) is 10.2. The number of nitrogens with two attached hydrogens (primary N) is 1. The number of aliphatic hydroxyl groups is 1. The number of amides is 1. The molecule has 6 heteroatoms. The van der Waals surface area contributed by atoms with Gasteiger partial charge in [0, 0.05) is 11.5 Å². The van der Waals surface area contributed by atoms with Crippen LogP contribution in [0.25, 0.3) is 0 Å². The van der Waals surface area contributed by atoms with Crippen molar-refractivity contribution in [1.29, 1.82) is 0 Å². The van der Waals surface area contributed by atoms with Crippen LogP contribution in [0.1, 0.15) is 83.1 Å². The number of ether oxygens (including phenoxy) is 1. The SMILES string of the molecule is C[C@]12CC[C@H](OC(N)=O)C[C@H]1CC[C@@H]1[C@@H]2CC[C@]2(C)[C@@H](c3ccc(=O)oc3)CCC12O. The fourth-order valence-electron chi connectivity index (χ4n) is 8.56. The average molecular weight is 430 g/mol. The van der Waals surface area contributed by atoms with Gasteiger partial charge >= 0.3 is 11.7 Å². The van der Waals surface area contributed by atoms with Crippen LogP contribution in [-0.2, 0) is 4.74 Å². The summed E-state index contributed by atoms with van der Waals surface area (Å²) in [6.45, 7) is 4.68. The molecule has 0 bridgehead atoms. The first kappa shape index (κ1) is 21.0. The van der Waals surface area contributed by atoms with Gasteiger partial charge in [-0.2, -0.15) is 0 Å². The molecule has 1 amide bonds. The van der Waals surface area contributed by atoms with Crippen LogP contribution >= 0.6 is 0 Å². The first-order valence-electron chi connectivity index (χ1n) is 11.9. The summed E-state index contributed by atoms with van der Waals surface area (Å²) in [6, 6.07) is 3.39. The quantitative estimate of drug-likeness (QED) is 0.728. The zero-order chi connectivity index (χ0) is 22.0. The topological polar surface area (TPSA) is 103 Å². The Hall–Kier alpha value is -1.82. The van der Waals surface area contributed by atoms with E-state index < -0.39 is 11.7 Å². The van der Waals surface area contributed by atoms with Gasteiger partial charge in [0.15, 0.2) is 0 Å². The van der Waals surface area contributed by atoms with E-state index in [1.165, 1.54) is 6.07 Å². The summed E-state index contributed by atoms with van der Waals surface area (Å²) in [7, 11) is 0. The monoisotopic (exact) mass is 429 g/mol. The second kappa shape index (κ2) is 7.09. The molecular weight excluding hydrogens is 394 g/mol. The van der Waals surface area contributed by atoms with Gasteiger partial charge in [-0.05, 0) is 98.5 Å². The molecule has 5 rings (SSSR count). The van der Waals surface area contributed by atoms with E-state index in [0.717, 1.165) is 63.4 Å². The molecule has 8 atom stereocenters. The molecule has 0 aromatic carbocycles. The number of hydrogen-bond donors (Lipinski definition) is 2. The zero-order valence-corrected chi connectivity index (χ0v) is 18.6. The van der Waals surface area contributed by atoms with Crippen LogP contribution in [0, 0.1) is 28.6 Å². The van der Waals surface area contributed by atoms with E-state index in [0.29, 0.717) is 17.8 Å². The lowest BCUT2D eigenvalue weighted by Gasteiger charge is -2.63. The van der Waals surface area contributed by atoms with E-state index >= 15 is 0 Å². The van der Waals surface area contributed by atoms with Crippen molar-refractivity contribution < 1.29 is 19.1 Å². The second-order valence-corrected chi connectivity index (χ2v) is 11.2. The molecule has 0 aliphatic heterocycles. The molecule has 1 heterocycles. The summed E-state index contributed by atoms with van der Waals surface area (Å²) in [6.07, 6.45) is 9.59. The van der Waals surface area contributed by atoms with Crippen molar-refractivity contribution in [1.82, 2.24) is 0 Å². The van der Waals surface area contributed by atoms with Gasteiger partial charge in [0.1, 0.15) is 6.10 Å². The normalized spacial score (nSPS) is 46.5. The Morgan fingerprint density at radius 2 is 1.90 bits per heavy atom. The van der Waals surface area contributed by atoms with Crippen LogP contribution in [0.5, 0.6) is 0 Å². The Balaban J connectivity index is 1.41. The molecule has 1 aromatic rings. The maximum Gasteiger partial charge on any atom is 0.404 e. The molecule has 170 valence electrons. The Kier molecular flexibility index (Phi) is 4.82. The standard InChI is InChI=1S/C25H35NO5/c1-23-10-7-17(31-22(26)28)13-16(23)4-5-20-19(23)8-11-24(2)18(9-12-25(20,24)29)15-3-6-21(27)30-14-15/h3,6,14,16-20,29H,4-5,7-13H2,1-2H3,(H2,26,28)/t16-,17+,18-,19+,20-,23+,24-,25?/m1/s1. The molecule has 0 saturated heterocycles. The molecule has 31 heavy (non-hydrogen) atoms. The van der Waals surface area contributed by atoms with Gasteiger partial charge in [0.25, 0.3) is 0 Å². The number of carbonyl (C=O) groups excluding carboxylic acids is 1. The van der Waals surface area contributed by atoms with Crippen molar-refractivity contribution in [3.05, 3.63) is 34.4 Å². The summed E-state index contributed by atoms with van der Waals surface area (Å²) < 4.78 is 10.5. The number of fused-ring (bicyclic) bond motifs is 5. The smallest absolute Gasteiger partial charge is 0.404 e. The highest BCUT2D eigenvalue weighted by Gasteiger charge is 2.67. The Labute approximate surface area is 183 Å². The van der Waals surface area contributed by atoms with Gasteiger partial charge in [-0.25, -0.2) is 9.59 Å². The maximum atomic E-state index is 12.2. The van der Waals surface area contributed by atoms with Crippen molar-refractivity contribution in [3.63, 3.8) is 0 Å². The minimum Gasteiger partial charge on any atom is -0.446 e. The highest BCUT2D eigenvalue weighted by Crippen LogP contribution is 2.70. The van der Waals surface area contributed by atoms with Crippen LogP contribution in [-0.4, -0.2) is 22.9 Å². The van der Waals surface area contributed by atoms with Crippen LogP contribution in [0.15, 0.2) is 27.6 Å². The molecule has 0 radical (unpaired) electrons. The molecule has 3 N–H and O–H groups in total. The summed E-state index contributed by atoms with van der Waals surface area (Å²) in [5.74, 6) is 1.52. The van der Waals surface area contributed by atoms with Gasteiger partial charge < -0.3 is 20.0 Å². The molecule has 6 nitrogen and oxygen atoms in total. The number of rotatable bonds is 2. The molecule has 0 spiro atoms. The predicted molar refractivity (Wildman–Crippen MR) is 115 cm³/mol. The van der Waals surface area contributed by atoms with Crippen LogP contribution < -0.4 is 11.4 Å². The summed E-state index contributed by atoms with van der Waals surface area (Å²) in [5.41, 5.74) is 5.27. The van der Waals surface area contributed by atoms with Crippen molar-refractivity contribution in [3.8, 4) is 0 Å². The third kappa shape index (κ3) is 3.00. The molecule has 1 aromatic heterocycles. The summed E-state index contributed by atoms with van der Waals surface area (Å²) >= 11 is 0. The minimum absolute atomic E-state index is 0.0623. The highest BCUT2D eigenvalue weighted by molar-refractivity contribution is 5.64. The maximum absolute atomic E-state index is 12.2. The minimum atomic E-state index is -0.689. The Morgan fingerprint density at radius 1 is 1.10 bits per heavy atom. The lowest BCUT2D eigenvalue weighted by Crippen LogP contribution is -2.62. The van der Waals surface area contributed by atoms with Crippen molar-refractivity contribution in [2.24, 2.45) is 34.3 Å². The predicted octanol–water partition coefficient (Wildman–Crippen LogP) is 4.34. The molecule has 4 aliphatic carbocycles. The largest absolute Gasteiger partial charge is 0.446 e. The third-order valence-electron chi connectivity index (χ3n) is 10.2. The lowest BCUT2D eigenvalue weighted by molar-refractivity contribution is -0.205. The Morgan fingerprint density at radius 3 is 2.61 bits per heavy atom. The average Bonchev–Trinajstić information content (AvgIpc) is 3.00. The lowest BCUT2D eigenvalue weighted by atomic mass is 9.43. The van der Waals surface area contributed by atoms with Crippen molar-refractivity contribution in [2.45, 2.75) is 89.3 Å². The van der Waals surface area contributed by atoms with Gasteiger partial charge in [-0.15, -0.1) is 0 Å². The first-order valence-corrected chi connectivity index (χ1v) is 11.9. The number of carbonyl (C=O) groups is 1. The number of primary amides is 1. The zero-order valence-electron chi connectivity index (χ0n) is 18.6. The highest BCUT2D eigenvalue weighted by atomic mass is 16.6. The van der Waals surface area contributed by atoms with Crippen LogP contribution in [0.3, 0.4) is 0 Å². The summed E-state index contributed by atoms with van der Waals surface area (Å²) in [4.78, 5) is 22.7. The fraction of sp³-hybridized carbons (Fsp3) is 0.760. The summed E-state index contributed by atoms with van der Waals surface area (Å²) in [5, 5.41) is 12.2. The van der Waals surface area contributed by atoms with Crippen molar-refractivity contribution in [2.75, 3.05) is 0 Å². The van der Waals surface area contributed by atoms with Gasteiger partial charge in [-0.1, -0.05) is 13.8 Å². The van der Waals surface area contributed by atoms with E-state index in [2.05, 4.69) is 13.8 Å². The van der Waals surface area contributed by atoms with E-state index in [1.807, 2.05) is 6.07 Å². The molecule has 4 saturated carbocycles. The van der Waals surface area contributed by atoms with E-state index in [9.17, 15) is 14.7 Å². The molecule has 4 fully saturated rings. The van der Waals surface area contributed by atoms with E-state index in [4.69, 9.17) is 14.9 Å². The molecular formula is C25H35NO5. The Bertz CT molecular complexity index is 908. The molecule has 1 unspecified atom stereocenters.